The van der Waals surface area contributed by atoms with Gasteiger partial charge >= 0.3 is 0 Å². The molecule has 1 aliphatic heterocycles. The van der Waals surface area contributed by atoms with Crippen molar-refractivity contribution < 1.29 is 18.4 Å². The van der Waals surface area contributed by atoms with Crippen LogP contribution in [0.1, 0.15) is 22.8 Å². The summed E-state index contributed by atoms with van der Waals surface area (Å²) in [6.45, 7) is 0.697. The molecule has 28 heavy (non-hydrogen) atoms. The van der Waals surface area contributed by atoms with Crippen molar-refractivity contribution in [3.8, 4) is 0 Å². The summed E-state index contributed by atoms with van der Waals surface area (Å²) in [5, 5.41) is 11.9. The van der Waals surface area contributed by atoms with Crippen molar-refractivity contribution in [3.05, 3.63) is 64.8 Å². The lowest BCUT2D eigenvalue weighted by Crippen LogP contribution is -2.27. The second kappa shape index (κ2) is 7.89. The minimum absolute atomic E-state index is 0.0780. The first-order valence-electron chi connectivity index (χ1n) is 8.74. The van der Waals surface area contributed by atoms with Gasteiger partial charge in [0.05, 0.1) is 18.7 Å². The minimum atomic E-state index is -0.438. The number of carbonyl (C=O) groups is 2. The Hall–Kier alpha value is -3.07. The van der Waals surface area contributed by atoms with Crippen LogP contribution in [0, 0.1) is 11.7 Å². The molecule has 7 nitrogen and oxygen atoms in total. The van der Waals surface area contributed by atoms with Crippen LogP contribution in [-0.2, 0) is 22.6 Å². The average molecular weight is 400 g/mol. The molecule has 2 amide bonds. The largest absolute Gasteiger partial charge is 0.467 e. The molecule has 3 aromatic rings. The average Bonchev–Trinajstić information content (AvgIpc) is 3.41. The maximum absolute atomic E-state index is 13.0. The number of carbonyl (C=O) groups excluding carboxylic acids is 2. The van der Waals surface area contributed by atoms with Crippen molar-refractivity contribution in [1.29, 1.82) is 0 Å². The Bertz CT molecular complexity index is 971. The number of nitrogens with zero attached hydrogens (tertiary/aromatic N) is 3. The van der Waals surface area contributed by atoms with Crippen molar-refractivity contribution in [1.82, 2.24) is 15.1 Å². The lowest BCUT2D eigenvalue weighted by atomic mass is 10.1. The number of aromatic nitrogens is 2. The summed E-state index contributed by atoms with van der Waals surface area (Å²) in [4.78, 5) is 26.3. The van der Waals surface area contributed by atoms with Crippen LogP contribution in [0.4, 0.5) is 9.52 Å². The van der Waals surface area contributed by atoms with Gasteiger partial charge in [0.1, 0.15) is 16.6 Å². The zero-order valence-corrected chi connectivity index (χ0v) is 15.6. The smallest absolute Gasteiger partial charge is 0.231 e. The van der Waals surface area contributed by atoms with Crippen LogP contribution in [-0.4, -0.2) is 33.5 Å². The predicted molar refractivity (Wildman–Crippen MR) is 100.0 cm³/mol. The van der Waals surface area contributed by atoms with Crippen molar-refractivity contribution >= 4 is 28.3 Å². The van der Waals surface area contributed by atoms with E-state index in [1.807, 2.05) is 0 Å². The van der Waals surface area contributed by atoms with Gasteiger partial charge in [0.15, 0.2) is 0 Å². The van der Waals surface area contributed by atoms with Crippen molar-refractivity contribution in [2.24, 2.45) is 5.92 Å². The highest BCUT2D eigenvalue weighted by Crippen LogP contribution is 2.24. The standard InChI is InChI=1S/C19H17FN4O3S/c20-14-5-3-12(4-6-14)8-16-22-23-19(28-16)21-18(26)13-9-17(25)24(10-13)11-15-2-1-7-27-15/h1-7,13H,8-11H2,(H,21,23,26)/t13-/m0/s1. The van der Waals surface area contributed by atoms with E-state index in [1.54, 1.807) is 35.4 Å². The van der Waals surface area contributed by atoms with Crippen LogP contribution in [0.5, 0.6) is 0 Å². The summed E-state index contributed by atoms with van der Waals surface area (Å²) in [5.74, 6) is -0.373. The molecule has 144 valence electrons. The van der Waals surface area contributed by atoms with Gasteiger partial charge in [-0.25, -0.2) is 4.39 Å². The van der Waals surface area contributed by atoms with Gasteiger partial charge in [-0.05, 0) is 29.8 Å². The molecule has 0 bridgehead atoms. The molecule has 3 heterocycles. The molecule has 0 unspecified atom stereocenters. The Morgan fingerprint density at radius 1 is 1.29 bits per heavy atom. The molecule has 2 aromatic heterocycles. The van der Waals surface area contributed by atoms with E-state index in [0.29, 0.717) is 35.4 Å². The van der Waals surface area contributed by atoms with E-state index in [2.05, 4.69) is 15.5 Å². The Morgan fingerprint density at radius 3 is 2.86 bits per heavy atom. The van der Waals surface area contributed by atoms with Crippen LogP contribution < -0.4 is 5.32 Å². The lowest BCUT2D eigenvalue weighted by molar-refractivity contribution is -0.128. The van der Waals surface area contributed by atoms with E-state index in [0.717, 1.165) is 5.56 Å². The molecule has 0 spiro atoms. The number of rotatable bonds is 6. The number of hydrogen-bond donors (Lipinski definition) is 1. The van der Waals surface area contributed by atoms with Crippen LogP contribution in [0.25, 0.3) is 0 Å². The topological polar surface area (TPSA) is 88.3 Å². The van der Waals surface area contributed by atoms with Crippen molar-refractivity contribution in [3.63, 3.8) is 0 Å². The first kappa shape index (κ1) is 18.3. The molecule has 1 N–H and O–H groups in total. The Labute approximate surface area is 164 Å². The number of amides is 2. The monoisotopic (exact) mass is 400 g/mol. The van der Waals surface area contributed by atoms with Crippen molar-refractivity contribution in [2.75, 3.05) is 11.9 Å². The van der Waals surface area contributed by atoms with E-state index >= 15 is 0 Å². The molecular weight excluding hydrogens is 383 g/mol. The fourth-order valence-electron chi connectivity index (χ4n) is 3.05. The molecule has 0 saturated carbocycles. The third-order valence-corrected chi connectivity index (χ3v) is 5.32. The van der Waals surface area contributed by atoms with E-state index in [4.69, 9.17) is 4.42 Å². The number of anilines is 1. The summed E-state index contributed by atoms with van der Waals surface area (Å²) in [5.41, 5.74) is 0.908. The molecule has 1 saturated heterocycles. The van der Waals surface area contributed by atoms with Crippen LogP contribution in [0.15, 0.2) is 47.1 Å². The molecule has 4 rings (SSSR count). The zero-order valence-electron chi connectivity index (χ0n) is 14.8. The molecule has 0 aliphatic carbocycles. The summed E-state index contributed by atoms with van der Waals surface area (Å²) in [6.07, 6.45) is 2.22. The van der Waals surface area contributed by atoms with Gasteiger partial charge in [-0.2, -0.15) is 0 Å². The van der Waals surface area contributed by atoms with Crippen molar-refractivity contribution in [2.45, 2.75) is 19.4 Å². The minimum Gasteiger partial charge on any atom is -0.467 e. The highest BCUT2D eigenvalue weighted by molar-refractivity contribution is 7.15. The third-order valence-electron chi connectivity index (χ3n) is 4.48. The first-order valence-corrected chi connectivity index (χ1v) is 9.56. The number of nitrogens with one attached hydrogen (secondary N) is 1. The third kappa shape index (κ3) is 4.25. The molecule has 9 heteroatoms. The Balaban J connectivity index is 1.33. The highest BCUT2D eigenvalue weighted by Gasteiger charge is 2.35. The summed E-state index contributed by atoms with van der Waals surface area (Å²) in [6, 6.07) is 9.72. The second-order valence-electron chi connectivity index (χ2n) is 6.55. The van der Waals surface area contributed by atoms with E-state index in [9.17, 15) is 14.0 Å². The molecular formula is C19H17FN4O3S. The maximum Gasteiger partial charge on any atom is 0.231 e. The van der Waals surface area contributed by atoms with Gasteiger partial charge in [0.25, 0.3) is 0 Å². The first-order chi connectivity index (χ1) is 13.6. The molecule has 0 radical (unpaired) electrons. The summed E-state index contributed by atoms with van der Waals surface area (Å²) >= 11 is 1.26. The molecule has 1 aromatic carbocycles. The molecule has 1 aliphatic rings. The highest BCUT2D eigenvalue weighted by atomic mass is 32.1. The molecule has 1 atom stereocenters. The van der Waals surface area contributed by atoms with E-state index in [-0.39, 0.29) is 24.1 Å². The van der Waals surface area contributed by atoms with Crippen LogP contribution in [0.3, 0.4) is 0 Å². The van der Waals surface area contributed by atoms with Gasteiger partial charge in [0, 0.05) is 19.4 Å². The fourth-order valence-corrected chi connectivity index (χ4v) is 3.83. The summed E-state index contributed by atoms with van der Waals surface area (Å²) in [7, 11) is 0. The number of halogens is 1. The maximum atomic E-state index is 13.0. The number of furan rings is 1. The zero-order chi connectivity index (χ0) is 19.5. The van der Waals surface area contributed by atoms with Gasteiger partial charge < -0.3 is 14.6 Å². The normalized spacial score (nSPS) is 16.5. The van der Waals surface area contributed by atoms with Gasteiger partial charge in [0.2, 0.25) is 16.9 Å². The number of likely N-dealkylation sites (tertiary alicyclic amines) is 1. The van der Waals surface area contributed by atoms with E-state index in [1.165, 1.54) is 23.5 Å². The van der Waals surface area contributed by atoms with Gasteiger partial charge in [-0.1, -0.05) is 23.5 Å². The van der Waals surface area contributed by atoms with Gasteiger partial charge in [-0.15, -0.1) is 10.2 Å². The SMILES string of the molecule is O=C(Nc1nnc(Cc2ccc(F)cc2)s1)[C@H]1CC(=O)N(Cc2ccco2)C1. The number of hydrogen-bond acceptors (Lipinski definition) is 6. The lowest BCUT2D eigenvalue weighted by Gasteiger charge is -2.14. The quantitative estimate of drug-likeness (QED) is 0.687. The number of benzene rings is 1. The Morgan fingerprint density at radius 2 is 2.11 bits per heavy atom. The van der Waals surface area contributed by atoms with Crippen LogP contribution in [0.2, 0.25) is 0 Å². The predicted octanol–water partition coefficient (Wildman–Crippen LogP) is 2.85. The van der Waals surface area contributed by atoms with E-state index < -0.39 is 5.92 Å². The fraction of sp³-hybridized carbons (Fsp3) is 0.263. The summed E-state index contributed by atoms with van der Waals surface area (Å²) < 4.78 is 18.2. The second-order valence-corrected chi connectivity index (χ2v) is 7.61. The Kier molecular flexibility index (Phi) is 5.16. The molecule has 1 fully saturated rings. The van der Waals surface area contributed by atoms with Gasteiger partial charge in [-0.3, -0.25) is 9.59 Å². The van der Waals surface area contributed by atoms with Crippen LogP contribution >= 0.6 is 11.3 Å².